The van der Waals surface area contributed by atoms with Crippen LogP contribution in [-0.2, 0) is 15.9 Å². The molecule has 6 nitrogen and oxygen atoms in total. The van der Waals surface area contributed by atoms with Crippen LogP contribution in [0.3, 0.4) is 0 Å². The predicted molar refractivity (Wildman–Crippen MR) is 109 cm³/mol. The van der Waals surface area contributed by atoms with Crippen LogP contribution in [0.4, 0.5) is 0 Å². The van der Waals surface area contributed by atoms with Crippen molar-refractivity contribution in [1.29, 1.82) is 0 Å². The van der Waals surface area contributed by atoms with Gasteiger partial charge in [-0.05, 0) is 46.3 Å². The SMILES string of the molecule is CN1CCN(CCn2ncc3ccc(B4OC(C)(C)C(C)(C)O4)cc32)CC1. The van der Waals surface area contributed by atoms with Gasteiger partial charge in [0.15, 0.2) is 0 Å². The van der Waals surface area contributed by atoms with Crippen LogP contribution in [0.15, 0.2) is 24.4 Å². The Kier molecular flexibility index (Phi) is 4.83. The molecule has 0 amide bonds. The maximum atomic E-state index is 6.22. The van der Waals surface area contributed by atoms with Crippen LogP contribution in [0, 0.1) is 0 Å². The van der Waals surface area contributed by atoms with E-state index < -0.39 is 0 Å². The number of hydrogen-bond donors (Lipinski definition) is 0. The molecule has 2 aromatic rings. The van der Waals surface area contributed by atoms with E-state index in [1.807, 2.05) is 6.20 Å². The van der Waals surface area contributed by atoms with E-state index >= 15 is 0 Å². The Hall–Kier alpha value is -1.41. The van der Waals surface area contributed by atoms with Crippen molar-refractivity contribution in [2.75, 3.05) is 39.8 Å². The zero-order valence-corrected chi connectivity index (χ0v) is 17.2. The summed E-state index contributed by atoms with van der Waals surface area (Å²) in [4.78, 5) is 4.91. The second kappa shape index (κ2) is 6.89. The molecule has 2 aliphatic heterocycles. The van der Waals surface area contributed by atoms with E-state index in [4.69, 9.17) is 9.31 Å². The first-order valence-corrected chi connectivity index (χ1v) is 9.97. The van der Waals surface area contributed by atoms with Gasteiger partial charge in [0.1, 0.15) is 0 Å². The van der Waals surface area contributed by atoms with Gasteiger partial charge in [0, 0.05) is 38.1 Å². The third-order valence-electron chi connectivity index (χ3n) is 6.42. The van der Waals surface area contributed by atoms with Crippen LogP contribution in [0.25, 0.3) is 10.9 Å². The molecule has 0 unspecified atom stereocenters. The summed E-state index contributed by atoms with van der Waals surface area (Å²) in [6.07, 6.45) is 1.95. The summed E-state index contributed by atoms with van der Waals surface area (Å²) >= 11 is 0. The second-order valence-corrected chi connectivity index (χ2v) is 8.92. The van der Waals surface area contributed by atoms with Gasteiger partial charge in [-0.3, -0.25) is 9.58 Å². The smallest absolute Gasteiger partial charge is 0.399 e. The Morgan fingerprint density at radius 3 is 2.33 bits per heavy atom. The molecule has 3 heterocycles. The number of rotatable bonds is 4. The highest BCUT2D eigenvalue weighted by Gasteiger charge is 2.51. The molecule has 0 bridgehead atoms. The fraction of sp³-hybridized carbons (Fsp3) is 0.650. The molecule has 7 heteroatoms. The predicted octanol–water partition coefficient (Wildman–Crippen LogP) is 1.58. The quantitative estimate of drug-likeness (QED) is 0.765. The minimum Gasteiger partial charge on any atom is -0.399 e. The molecule has 0 radical (unpaired) electrons. The molecular formula is C20H31BN4O2. The Morgan fingerprint density at radius 2 is 1.67 bits per heavy atom. The highest BCUT2D eigenvalue weighted by molar-refractivity contribution is 6.62. The summed E-state index contributed by atoms with van der Waals surface area (Å²) in [5.41, 5.74) is 1.56. The molecule has 146 valence electrons. The second-order valence-electron chi connectivity index (χ2n) is 8.92. The number of benzene rings is 1. The standard InChI is InChI=1S/C20H31BN4O2/c1-19(2)20(3,4)27-21(26-19)17-7-6-16-15-22-25(18(16)14-17)13-12-24-10-8-23(5)9-11-24/h6-7,14-15H,8-13H2,1-5H3. The molecule has 2 fully saturated rings. The van der Waals surface area contributed by atoms with Crippen molar-refractivity contribution >= 4 is 23.5 Å². The van der Waals surface area contributed by atoms with Crippen LogP contribution in [0.2, 0.25) is 0 Å². The van der Waals surface area contributed by atoms with Gasteiger partial charge in [0.2, 0.25) is 0 Å². The summed E-state index contributed by atoms with van der Waals surface area (Å²) in [7, 11) is 1.86. The Morgan fingerprint density at radius 1 is 1.00 bits per heavy atom. The van der Waals surface area contributed by atoms with Crippen molar-refractivity contribution in [2.45, 2.75) is 45.4 Å². The monoisotopic (exact) mass is 370 g/mol. The van der Waals surface area contributed by atoms with E-state index in [2.05, 4.69) is 72.5 Å². The average molecular weight is 370 g/mol. The molecule has 1 aromatic heterocycles. The molecule has 1 aromatic carbocycles. The van der Waals surface area contributed by atoms with E-state index in [9.17, 15) is 0 Å². The molecule has 0 saturated carbocycles. The Bertz CT molecular complexity index is 795. The van der Waals surface area contributed by atoms with Crippen molar-refractivity contribution in [3.8, 4) is 0 Å². The summed E-state index contributed by atoms with van der Waals surface area (Å²) in [5.74, 6) is 0. The molecule has 2 saturated heterocycles. The molecule has 27 heavy (non-hydrogen) atoms. The largest absolute Gasteiger partial charge is 0.494 e. The maximum Gasteiger partial charge on any atom is 0.494 e. The minimum atomic E-state index is -0.333. The van der Waals surface area contributed by atoms with Crippen LogP contribution >= 0.6 is 0 Å². The third-order valence-corrected chi connectivity index (χ3v) is 6.42. The first-order chi connectivity index (χ1) is 12.7. The number of aromatic nitrogens is 2. The fourth-order valence-electron chi connectivity index (χ4n) is 3.70. The van der Waals surface area contributed by atoms with Gasteiger partial charge in [0.25, 0.3) is 0 Å². The third kappa shape index (κ3) is 3.66. The molecular weight excluding hydrogens is 339 g/mol. The van der Waals surface area contributed by atoms with E-state index in [-0.39, 0.29) is 18.3 Å². The molecule has 2 aliphatic rings. The summed E-state index contributed by atoms with van der Waals surface area (Å²) < 4.78 is 14.5. The number of piperazine rings is 1. The number of nitrogens with zero attached hydrogens (tertiary/aromatic N) is 4. The summed E-state index contributed by atoms with van der Waals surface area (Å²) in [6.45, 7) is 14.8. The number of fused-ring (bicyclic) bond motifs is 1. The lowest BCUT2D eigenvalue weighted by Crippen LogP contribution is -2.45. The van der Waals surface area contributed by atoms with Crippen molar-refractivity contribution in [3.05, 3.63) is 24.4 Å². The highest BCUT2D eigenvalue weighted by Crippen LogP contribution is 2.36. The minimum absolute atomic E-state index is 0.325. The van der Waals surface area contributed by atoms with E-state index in [0.29, 0.717) is 0 Å². The van der Waals surface area contributed by atoms with Gasteiger partial charge in [-0.15, -0.1) is 0 Å². The van der Waals surface area contributed by atoms with Gasteiger partial charge in [-0.25, -0.2) is 0 Å². The van der Waals surface area contributed by atoms with Crippen molar-refractivity contribution in [2.24, 2.45) is 0 Å². The normalized spacial score (nSPS) is 23.4. The lowest BCUT2D eigenvalue weighted by Gasteiger charge is -2.32. The topological polar surface area (TPSA) is 42.8 Å². The van der Waals surface area contributed by atoms with Gasteiger partial charge in [-0.2, -0.15) is 5.10 Å². The molecule has 0 spiro atoms. The number of hydrogen-bond acceptors (Lipinski definition) is 5. The summed E-state index contributed by atoms with van der Waals surface area (Å²) in [5, 5.41) is 5.78. The first-order valence-electron chi connectivity index (χ1n) is 9.97. The van der Waals surface area contributed by atoms with Crippen LogP contribution in [0.5, 0.6) is 0 Å². The maximum absolute atomic E-state index is 6.22. The van der Waals surface area contributed by atoms with Crippen molar-refractivity contribution < 1.29 is 9.31 Å². The van der Waals surface area contributed by atoms with Crippen LogP contribution in [-0.4, -0.2) is 77.7 Å². The molecule has 4 rings (SSSR count). The lowest BCUT2D eigenvalue weighted by atomic mass is 9.79. The molecule has 0 aliphatic carbocycles. The molecule has 0 atom stereocenters. The van der Waals surface area contributed by atoms with Crippen LogP contribution < -0.4 is 5.46 Å². The lowest BCUT2D eigenvalue weighted by molar-refractivity contribution is 0.00578. The fourth-order valence-corrected chi connectivity index (χ4v) is 3.70. The molecule has 0 N–H and O–H groups in total. The van der Waals surface area contributed by atoms with E-state index in [1.54, 1.807) is 0 Å². The van der Waals surface area contributed by atoms with Crippen molar-refractivity contribution in [1.82, 2.24) is 19.6 Å². The zero-order valence-electron chi connectivity index (χ0n) is 17.2. The van der Waals surface area contributed by atoms with Gasteiger partial charge < -0.3 is 14.2 Å². The number of likely N-dealkylation sites (N-methyl/N-ethyl adjacent to an activating group) is 1. The summed E-state index contributed by atoms with van der Waals surface area (Å²) in [6, 6.07) is 6.39. The van der Waals surface area contributed by atoms with Gasteiger partial charge in [0.05, 0.1) is 29.5 Å². The van der Waals surface area contributed by atoms with Crippen LogP contribution in [0.1, 0.15) is 27.7 Å². The highest BCUT2D eigenvalue weighted by atomic mass is 16.7. The van der Waals surface area contributed by atoms with E-state index in [0.717, 1.165) is 55.6 Å². The Labute approximate surface area is 162 Å². The Balaban J connectivity index is 1.50. The first kappa shape index (κ1) is 18.9. The average Bonchev–Trinajstić information content (AvgIpc) is 3.11. The van der Waals surface area contributed by atoms with E-state index in [1.165, 1.54) is 0 Å². The van der Waals surface area contributed by atoms with Gasteiger partial charge >= 0.3 is 7.12 Å². The van der Waals surface area contributed by atoms with Gasteiger partial charge in [-0.1, -0.05) is 12.1 Å². The zero-order chi connectivity index (χ0) is 19.2. The van der Waals surface area contributed by atoms with Crippen molar-refractivity contribution in [3.63, 3.8) is 0 Å².